The van der Waals surface area contributed by atoms with Crippen LogP contribution in [0.3, 0.4) is 0 Å². The fourth-order valence-corrected chi connectivity index (χ4v) is 5.74. The van der Waals surface area contributed by atoms with E-state index in [0.717, 1.165) is 43.9 Å². The Bertz CT molecular complexity index is 1840. The molecule has 39 heavy (non-hydrogen) atoms. The predicted octanol–water partition coefficient (Wildman–Crippen LogP) is 9.71. The minimum absolute atomic E-state index is 0.104. The van der Waals surface area contributed by atoms with Crippen molar-refractivity contribution in [3.63, 3.8) is 0 Å². The lowest BCUT2D eigenvalue weighted by atomic mass is 9.83. The number of hydrogen-bond donors (Lipinski definition) is 0. The molecular weight excluding hydrogens is 546 g/mol. The smallest absolute Gasteiger partial charge is 0.138 e. The van der Waals surface area contributed by atoms with Crippen LogP contribution in [0, 0.1) is 13.8 Å². The van der Waals surface area contributed by atoms with Crippen molar-refractivity contribution >= 4 is 37.7 Å². The topological polar surface area (TPSA) is 39.9 Å². The summed E-state index contributed by atoms with van der Waals surface area (Å²) in [5, 5.41) is 2.34. The molecule has 3 aromatic carbocycles. The van der Waals surface area contributed by atoms with Gasteiger partial charge in [-0.1, -0.05) is 51.1 Å². The standard InChI is InChI=1S/C34H30BrN3O/c1-21-16-24(34(3,4)5)17-22(2)33(21)23-12-14-37-32(18-23)38-29-9-7-6-8-27(29)28-11-10-25(19-30(28)38)39-26-13-15-36-31(35)20-26/h6-20H,1-5H3. The number of aryl methyl sites for hydroxylation is 2. The molecule has 0 saturated carbocycles. The summed E-state index contributed by atoms with van der Waals surface area (Å²) in [5.74, 6) is 2.36. The van der Waals surface area contributed by atoms with Crippen LogP contribution in [0.15, 0.2) is 95.9 Å². The van der Waals surface area contributed by atoms with Crippen LogP contribution in [0.1, 0.15) is 37.5 Å². The average molecular weight is 577 g/mol. The van der Waals surface area contributed by atoms with E-state index in [-0.39, 0.29) is 5.41 Å². The number of nitrogens with zero attached hydrogens (tertiary/aromatic N) is 3. The quantitative estimate of drug-likeness (QED) is 0.196. The van der Waals surface area contributed by atoms with Crippen molar-refractivity contribution in [3.8, 4) is 28.4 Å². The molecule has 0 atom stereocenters. The molecule has 0 N–H and O–H groups in total. The summed E-state index contributed by atoms with van der Waals surface area (Å²) < 4.78 is 9.18. The Balaban J connectivity index is 1.52. The molecular formula is C34H30BrN3O. The maximum absolute atomic E-state index is 6.21. The molecule has 0 aliphatic carbocycles. The number of benzene rings is 3. The molecule has 0 fully saturated rings. The molecule has 3 heterocycles. The second-order valence-corrected chi connectivity index (χ2v) is 11.9. The predicted molar refractivity (Wildman–Crippen MR) is 164 cm³/mol. The van der Waals surface area contributed by atoms with E-state index in [1.807, 2.05) is 24.4 Å². The molecule has 5 heteroatoms. The molecule has 0 spiro atoms. The van der Waals surface area contributed by atoms with Crippen LogP contribution >= 0.6 is 15.9 Å². The highest BCUT2D eigenvalue weighted by Crippen LogP contribution is 2.37. The maximum Gasteiger partial charge on any atom is 0.138 e. The van der Waals surface area contributed by atoms with Crippen LogP contribution in [0.25, 0.3) is 38.8 Å². The van der Waals surface area contributed by atoms with Gasteiger partial charge in [0.1, 0.15) is 21.9 Å². The number of para-hydroxylation sites is 1. The maximum atomic E-state index is 6.21. The van der Waals surface area contributed by atoms with Gasteiger partial charge in [-0.25, -0.2) is 9.97 Å². The number of ether oxygens (including phenoxy) is 1. The highest BCUT2D eigenvalue weighted by atomic mass is 79.9. The van der Waals surface area contributed by atoms with Crippen LogP contribution in [0.2, 0.25) is 0 Å². The lowest BCUT2D eigenvalue weighted by Crippen LogP contribution is -2.12. The summed E-state index contributed by atoms with van der Waals surface area (Å²) in [6.07, 6.45) is 3.64. The second kappa shape index (κ2) is 9.65. The fraction of sp³-hybridized carbons (Fsp3) is 0.176. The molecule has 6 rings (SSSR count). The monoisotopic (exact) mass is 575 g/mol. The third-order valence-corrected chi connectivity index (χ3v) is 7.67. The van der Waals surface area contributed by atoms with Crippen molar-refractivity contribution in [1.29, 1.82) is 0 Å². The summed E-state index contributed by atoms with van der Waals surface area (Å²) in [7, 11) is 0. The highest BCUT2D eigenvalue weighted by Gasteiger charge is 2.19. The van der Waals surface area contributed by atoms with Crippen molar-refractivity contribution in [2.75, 3.05) is 0 Å². The Hall–Kier alpha value is -3.96. The van der Waals surface area contributed by atoms with Gasteiger partial charge < -0.3 is 4.74 Å². The largest absolute Gasteiger partial charge is 0.457 e. The summed E-state index contributed by atoms with van der Waals surface area (Å²) >= 11 is 3.43. The van der Waals surface area contributed by atoms with Crippen LogP contribution in [-0.4, -0.2) is 14.5 Å². The number of pyridine rings is 2. The van der Waals surface area contributed by atoms with Crippen LogP contribution in [0.5, 0.6) is 11.5 Å². The van der Waals surface area contributed by atoms with Crippen molar-refractivity contribution in [3.05, 3.63) is 113 Å². The lowest BCUT2D eigenvalue weighted by Gasteiger charge is -2.22. The van der Waals surface area contributed by atoms with Crippen molar-refractivity contribution < 1.29 is 4.74 Å². The van der Waals surface area contributed by atoms with Crippen LogP contribution in [-0.2, 0) is 5.41 Å². The molecule has 194 valence electrons. The zero-order valence-corrected chi connectivity index (χ0v) is 24.4. The van der Waals surface area contributed by atoms with E-state index in [2.05, 4.69) is 121 Å². The molecule has 0 unspecified atom stereocenters. The number of fused-ring (bicyclic) bond motifs is 3. The first-order valence-corrected chi connectivity index (χ1v) is 13.9. The van der Waals surface area contributed by atoms with E-state index in [4.69, 9.17) is 9.72 Å². The Morgan fingerprint density at radius 1 is 0.718 bits per heavy atom. The lowest BCUT2D eigenvalue weighted by molar-refractivity contribution is 0.482. The Morgan fingerprint density at radius 2 is 1.41 bits per heavy atom. The molecule has 3 aromatic heterocycles. The fourth-order valence-electron chi connectivity index (χ4n) is 5.39. The van der Waals surface area contributed by atoms with Crippen molar-refractivity contribution in [2.24, 2.45) is 0 Å². The van der Waals surface area contributed by atoms with Gasteiger partial charge in [-0.15, -0.1) is 0 Å². The summed E-state index contributed by atoms with van der Waals surface area (Å²) in [6.45, 7) is 11.2. The molecule has 6 aromatic rings. The van der Waals surface area contributed by atoms with Gasteiger partial charge in [0, 0.05) is 35.3 Å². The van der Waals surface area contributed by atoms with Gasteiger partial charge in [0.25, 0.3) is 0 Å². The third kappa shape index (κ3) is 4.72. The molecule has 0 aliphatic heterocycles. The zero-order chi connectivity index (χ0) is 27.3. The minimum Gasteiger partial charge on any atom is -0.457 e. The molecule has 0 aliphatic rings. The molecule has 0 amide bonds. The van der Waals surface area contributed by atoms with E-state index in [0.29, 0.717) is 0 Å². The number of halogens is 1. The molecule has 0 radical (unpaired) electrons. The van der Waals surface area contributed by atoms with Gasteiger partial charge in [0.15, 0.2) is 0 Å². The average Bonchev–Trinajstić information content (AvgIpc) is 3.21. The van der Waals surface area contributed by atoms with E-state index in [9.17, 15) is 0 Å². The Kier molecular flexibility index (Phi) is 6.27. The molecule has 0 saturated heterocycles. The second-order valence-electron chi connectivity index (χ2n) is 11.1. The number of hydrogen-bond acceptors (Lipinski definition) is 3. The zero-order valence-electron chi connectivity index (χ0n) is 22.8. The summed E-state index contributed by atoms with van der Waals surface area (Å²) in [6, 6.07) is 27.4. The van der Waals surface area contributed by atoms with Gasteiger partial charge >= 0.3 is 0 Å². The van der Waals surface area contributed by atoms with Gasteiger partial charge in [-0.2, -0.15) is 0 Å². The number of rotatable bonds is 4. The van der Waals surface area contributed by atoms with Gasteiger partial charge in [0.05, 0.1) is 11.0 Å². The highest BCUT2D eigenvalue weighted by molar-refractivity contribution is 9.10. The molecule has 4 nitrogen and oxygen atoms in total. The third-order valence-electron chi connectivity index (χ3n) is 7.24. The van der Waals surface area contributed by atoms with Gasteiger partial charge in [-0.05, 0) is 99.4 Å². The van der Waals surface area contributed by atoms with Crippen molar-refractivity contribution in [1.82, 2.24) is 14.5 Å². The normalized spacial score (nSPS) is 11.8. The van der Waals surface area contributed by atoms with Crippen molar-refractivity contribution in [2.45, 2.75) is 40.0 Å². The first-order chi connectivity index (χ1) is 18.7. The van der Waals surface area contributed by atoms with Gasteiger partial charge in [-0.3, -0.25) is 4.57 Å². The van der Waals surface area contributed by atoms with Crippen LogP contribution in [0.4, 0.5) is 0 Å². The summed E-state index contributed by atoms with van der Waals surface area (Å²) in [4.78, 5) is 9.06. The first-order valence-electron chi connectivity index (χ1n) is 13.1. The molecule has 0 bridgehead atoms. The minimum atomic E-state index is 0.104. The first kappa shape index (κ1) is 25.3. The SMILES string of the molecule is Cc1cc(C(C)(C)C)cc(C)c1-c1ccnc(-n2c3ccccc3c3ccc(Oc4ccnc(Br)c4)cc32)c1. The summed E-state index contributed by atoms with van der Waals surface area (Å²) in [5.41, 5.74) is 8.59. The van der Waals surface area contributed by atoms with Crippen LogP contribution < -0.4 is 4.74 Å². The Morgan fingerprint density at radius 3 is 2.15 bits per heavy atom. The van der Waals surface area contributed by atoms with E-state index < -0.39 is 0 Å². The van der Waals surface area contributed by atoms with Gasteiger partial charge in [0.2, 0.25) is 0 Å². The van der Waals surface area contributed by atoms with E-state index in [1.165, 1.54) is 27.6 Å². The van der Waals surface area contributed by atoms with E-state index in [1.54, 1.807) is 6.20 Å². The number of aromatic nitrogens is 3. The van der Waals surface area contributed by atoms with E-state index >= 15 is 0 Å². The Labute approximate surface area is 237 Å².